The normalized spacial score (nSPS) is 16.3. The van der Waals surface area contributed by atoms with Crippen LogP contribution in [0.25, 0.3) is 0 Å². The Morgan fingerprint density at radius 1 is 1.12 bits per heavy atom. The number of hydrogen-bond donors (Lipinski definition) is 0. The van der Waals surface area contributed by atoms with Crippen molar-refractivity contribution in [2.24, 2.45) is 14.1 Å². The van der Waals surface area contributed by atoms with Crippen LogP contribution in [0.15, 0.2) is 15.6 Å². The van der Waals surface area contributed by atoms with Gasteiger partial charge in [0.1, 0.15) is 10.6 Å². The van der Waals surface area contributed by atoms with E-state index in [4.69, 9.17) is 0 Å². The van der Waals surface area contributed by atoms with E-state index in [1.165, 1.54) is 15.2 Å². The van der Waals surface area contributed by atoms with E-state index in [9.17, 15) is 13.2 Å². The Morgan fingerprint density at radius 3 is 2.19 bits per heavy atom. The monoisotopic (exact) mass is 444 g/mol. The first-order valence-electron chi connectivity index (χ1n) is 8.11. The highest BCUT2D eigenvalue weighted by Crippen LogP contribution is 2.24. The van der Waals surface area contributed by atoms with E-state index in [0.717, 1.165) is 5.69 Å². The zero-order valence-corrected chi connectivity index (χ0v) is 17.5. The summed E-state index contributed by atoms with van der Waals surface area (Å²) in [5.41, 5.74) is 1.81. The molecule has 0 saturated carbocycles. The number of aryl methyl sites for hydroxylation is 3. The minimum Gasteiger partial charge on any atom is -0.335 e. The SMILES string of the molecule is Cc1nn(C)c(C(=O)N2CCN(S(=O)(=O)c3cnn(C)c3C)CC2)c1Br. The molecule has 11 heteroatoms. The molecule has 0 aromatic carbocycles. The number of aromatic nitrogens is 4. The third kappa shape index (κ3) is 3.08. The molecule has 2 aromatic rings. The van der Waals surface area contributed by atoms with Gasteiger partial charge < -0.3 is 4.90 Å². The maximum atomic E-state index is 12.8. The lowest BCUT2D eigenvalue weighted by Crippen LogP contribution is -2.50. The van der Waals surface area contributed by atoms with Crippen molar-refractivity contribution >= 4 is 31.9 Å². The molecular weight excluding hydrogens is 424 g/mol. The van der Waals surface area contributed by atoms with Gasteiger partial charge in [0.2, 0.25) is 10.0 Å². The smallest absolute Gasteiger partial charge is 0.273 e. The number of carbonyl (C=O) groups excluding carboxylic acids is 1. The number of carbonyl (C=O) groups is 1. The maximum Gasteiger partial charge on any atom is 0.273 e. The van der Waals surface area contributed by atoms with Gasteiger partial charge in [-0.3, -0.25) is 14.2 Å². The molecule has 1 aliphatic heterocycles. The molecule has 1 saturated heterocycles. The van der Waals surface area contributed by atoms with E-state index in [-0.39, 0.29) is 23.9 Å². The Morgan fingerprint density at radius 2 is 1.73 bits per heavy atom. The van der Waals surface area contributed by atoms with Crippen molar-refractivity contribution in [2.75, 3.05) is 26.2 Å². The average Bonchev–Trinajstić information content (AvgIpc) is 3.06. The second-order valence-corrected chi connectivity index (χ2v) is 8.99. The van der Waals surface area contributed by atoms with Crippen LogP contribution in [-0.4, -0.2) is 69.3 Å². The van der Waals surface area contributed by atoms with E-state index in [1.807, 2.05) is 6.92 Å². The van der Waals surface area contributed by atoms with Gasteiger partial charge >= 0.3 is 0 Å². The summed E-state index contributed by atoms with van der Waals surface area (Å²) in [7, 11) is -0.186. The molecule has 0 atom stereocenters. The molecule has 2 aromatic heterocycles. The lowest BCUT2D eigenvalue weighted by atomic mass is 10.3. The number of nitrogens with zero attached hydrogens (tertiary/aromatic N) is 6. The number of hydrogen-bond acceptors (Lipinski definition) is 5. The fraction of sp³-hybridized carbons (Fsp3) is 0.533. The van der Waals surface area contributed by atoms with Crippen molar-refractivity contribution in [1.29, 1.82) is 0 Å². The average molecular weight is 445 g/mol. The van der Waals surface area contributed by atoms with E-state index in [0.29, 0.717) is 29.0 Å². The number of amides is 1. The van der Waals surface area contributed by atoms with E-state index < -0.39 is 10.0 Å². The molecule has 1 amide bonds. The molecule has 26 heavy (non-hydrogen) atoms. The molecule has 3 rings (SSSR count). The van der Waals surface area contributed by atoms with Gasteiger partial charge in [-0.25, -0.2) is 8.42 Å². The Balaban J connectivity index is 1.75. The van der Waals surface area contributed by atoms with Crippen molar-refractivity contribution in [2.45, 2.75) is 18.7 Å². The molecule has 1 aliphatic rings. The number of rotatable bonds is 3. The predicted molar refractivity (Wildman–Crippen MR) is 98.3 cm³/mol. The lowest BCUT2D eigenvalue weighted by molar-refractivity contribution is 0.0685. The van der Waals surface area contributed by atoms with Crippen LogP contribution < -0.4 is 0 Å². The molecular formula is C15H21BrN6O3S. The van der Waals surface area contributed by atoms with Crippen molar-refractivity contribution in [3.05, 3.63) is 27.8 Å². The van der Waals surface area contributed by atoms with E-state index in [1.54, 1.807) is 30.6 Å². The molecule has 142 valence electrons. The molecule has 9 nitrogen and oxygen atoms in total. The number of piperazine rings is 1. The summed E-state index contributed by atoms with van der Waals surface area (Å²) < 4.78 is 30.8. The fourth-order valence-electron chi connectivity index (χ4n) is 3.02. The second-order valence-electron chi connectivity index (χ2n) is 6.29. The van der Waals surface area contributed by atoms with Gasteiger partial charge in [-0.1, -0.05) is 0 Å². The Kier molecular flexibility index (Phi) is 4.97. The first kappa shape index (κ1) is 19.1. The lowest BCUT2D eigenvalue weighted by Gasteiger charge is -2.33. The van der Waals surface area contributed by atoms with Crippen LogP contribution in [0.3, 0.4) is 0 Å². The van der Waals surface area contributed by atoms with Crippen LogP contribution in [0.5, 0.6) is 0 Å². The summed E-state index contributed by atoms with van der Waals surface area (Å²) >= 11 is 3.41. The van der Waals surface area contributed by atoms with Crippen LogP contribution in [0, 0.1) is 13.8 Å². The van der Waals surface area contributed by atoms with Crippen molar-refractivity contribution in [1.82, 2.24) is 28.8 Å². The zero-order valence-electron chi connectivity index (χ0n) is 15.1. The van der Waals surface area contributed by atoms with Gasteiger partial charge in [0.15, 0.2) is 0 Å². The standard InChI is InChI=1S/C15H21BrN6O3S/c1-10-13(16)14(20(4)18-10)15(23)21-5-7-22(8-6-21)26(24,25)12-9-17-19(3)11(12)2/h9H,5-8H2,1-4H3. The number of halogens is 1. The third-order valence-electron chi connectivity index (χ3n) is 4.69. The molecule has 3 heterocycles. The van der Waals surface area contributed by atoms with Gasteiger partial charge in [0.25, 0.3) is 5.91 Å². The molecule has 1 fully saturated rings. The van der Waals surface area contributed by atoms with Gasteiger partial charge in [0.05, 0.1) is 22.1 Å². The maximum absolute atomic E-state index is 12.8. The first-order valence-corrected chi connectivity index (χ1v) is 10.3. The summed E-state index contributed by atoms with van der Waals surface area (Å²) in [6.07, 6.45) is 1.37. The summed E-state index contributed by atoms with van der Waals surface area (Å²) in [4.78, 5) is 14.7. The minimum absolute atomic E-state index is 0.158. The van der Waals surface area contributed by atoms with Crippen LogP contribution in [0.2, 0.25) is 0 Å². The summed E-state index contributed by atoms with van der Waals surface area (Å²) in [6, 6.07) is 0. The molecule has 0 N–H and O–H groups in total. The highest BCUT2D eigenvalue weighted by atomic mass is 79.9. The third-order valence-corrected chi connectivity index (χ3v) is 7.64. The highest BCUT2D eigenvalue weighted by molar-refractivity contribution is 9.10. The Bertz CT molecular complexity index is 956. The zero-order chi connectivity index (χ0) is 19.2. The Labute approximate surface area is 160 Å². The minimum atomic E-state index is -3.61. The van der Waals surface area contributed by atoms with Crippen molar-refractivity contribution in [3.8, 4) is 0 Å². The largest absolute Gasteiger partial charge is 0.335 e. The van der Waals surface area contributed by atoms with Crippen LogP contribution in [0.4, 0.5) is 0 Å². The summed E-state index contributed by atoms with van der Waals surface area (Å²) in [5, 5.41) is 8.25. The quantitative estimate of drug-likeness (QED) is 0.693. The fourth-order valence-corrected chi connectivity index (χ4v) is 5.13. The van der Waals surface area contributed by atoms with Crippen molar-refractivity contribution in [3.63, 3.8) is 0 Å². The van der Waals surface area contributed by atoms with Crippen LogP contribution in [0.1, 0.15) is 21.9 Å². The van der Waals surface area contributed by atoms with E-state index >= 15 is 0 Å². The van der Waals surface area contributed by atoms with Gasteiger partial charge in [0, 0.05) is 40.3 Å². The summed E-state index contributed by atoms with van der Waals surface area (Å²) in [5.74, 6) is -0.158. The van der Waals surface area contributed by atoms with Crippen molar-refractivity contribution < 1.29 is 13.2 Å². The van der Waals surface area contributed by atoms with Gasteiger partial charge in [-0.2, -0.15) is 14.5 Å². The molecule has 0 bridgehead atoms. The second kappa shape index (κ2) is 6.78. The topological polar surface area (TPSA) is 93.3 Å². The Hall–Kier alpha value is -1.72. The predicted octanol–water partition coefficient (Wildman–Crippen LogP) is 0.680. The highest BCUT2D eigenvalue weighted by Gasteiger charge is 2.33. The van der Waals surface area contributed by atoms with Crippen LogP contribution in [-0.2, 0) is 24.1 Å². The number of sulfonamides is 1. The van der Waals surface area contributed by atoms with Gasteiger partial charge in [-0.15, -0.1) is 0 Å². The summed E-state index contributed by atoms with van der Waals surface area (Å²) in [6.45, 7) is 4.69. The van der Waals surface area contributed by atoms with Gasteiger partial charge in [-0.05, 0) is 29.8 Å². The molecule has 0 radical (unpaired) electrons. The molecule has 0 aliphatic carbocycles. The molecule has 0 spiro atoms. The first-order chi connectivity index (χ1) is 12.1. The molecule has 0 unspecified atom stereocenters. The van der Waals surface area contributed by atoms with E-state index in [2.05, 4.69) is 26.1 Å². The van der Waals surface area contributed by atoms with Crippen LogP contribution >= 0.6 is 15.9 Å².